The van der Waals surface area contributed by atoms with Gasteiger partial charge in [0.1, 0.15) is 0 Å². The zero-order valence-electron chi connectivity index (χ0n) is 13.3. The van der Waals surface area contributed by atoms with Crippen LogP contribution in [0.3, 0.4) is 0 Å². The van der Waals surface area contributed by atoms with E-state index in [1.54, 1.807) is 36.0 Å². The van der Waals surface area contributed by atoms with Gasteiger partial charge in [0.25, 0.3) is 0 Å². The number of hydrogen-bond acceptors (Lipinski definition) is 4. The third kappa shape index (κ3) is 5.24. The Balaban J connectivity index is 1.89. The van der Waals surface area contributed by atoms with Gasteiger partial charge in [0.05, 0.1) is 13.1 Å². The van der Waals surface area contributed by atoms with Gasteiger partial charge >= 0.3 is 11.8 Å². The molecule has 8 nitrogen and oxygen atoms in total. The van der Waals surface area contributed by atoms with E-state index in [2.05, 4.69) is 21.0 Å². The fourth-order valence-electron chi connectivity index (χ4n) is 2.02. The van der Waals surface area contributed by atoms with Crippen molar-refractivity contribution in [2.45, 2.75) is 13.5 Å². The molecule has 8 heteroatoms. The maximum absolute atomic E-state index is 11.8. The molecule has 0 spiro atoms. The van der Waals surface area contributed by atoms with Crippen molar-refractivity contribution in [2.75, 3.05) is 18.4 Å². The molecule has 0 bridgehead atoms. The van der Waals surface area contributed by atoms with E-state index < -0.39 is 11.8 Å². The molecule has 126 valence electrons. The van der Waals surface area contributed by atoms with Crippen molar-refractivity contribution < 1.29 is 14.4 Å². The molecule has 0 fully saturated rings. The van der Waals surface area contributed by atoms with E-state index in [9.17, 15) is 14.4 Å². The fourth-order valence-corrected chi connectivity index (χ4v) is 2.02. The first-order valence-electron chi connectivity index (χ1n) is 7.50. The highest BCUT2D eigenvalue weighted by atomic mass is 16.2. The molecule has 2 rings (SSSR count). The highest BCUT2D eigenvalue weighted by molar-refractivity contribution is 6.39. The minimum Gasteiger partial charge on any atom is -0.355 e. The number of benzene rings is 1. The first-order valence-corrected chi connectivity index (χ1v) is 7.50. The second-order valence-electron chi connectivity index (χ2n) is 4.99. The van der Waals surface area contributed by atoms with Crippen molar-refractivity contribution >= 4 is 23.4 Å². The van der Waals surface area contributed by atoms with Crippen LogP contribution >= 0.6 is 0 Å². The van der Waals surface area contributed by atoms with Crippen LogP contribution in [0.5, 0.6) is 0 Å². The third-order valence-corrected chi connectivity index (χ3v) is 3.08. The lowest BCUT2D eigenvalue weighted by Crippen LogP contribution is -2.41. The zero-order valence-corrected chi connectivity index (χ0v) is 13.3. The second-order valence-corrected chi connectivity index (χ2v) is 4.99. The summed E-state index contributed by atoms with van der Waals surface area (Å²) in [5.74, 6) is -2.03. The Bertz CT molecular complexity index is 712. The van der Waals surface area contributed by atoms with Crippen LogP contribution < -0.4 is 16.0 Å². The molecule has 0 saturated carbocycles. The highest BCUT2D eigenvalue weighted by Gasteiger charge is 2.14. The van der Waals surface area contributed by atoms with Gasteiger partial charge in [0.2, 0.25) is 5.91 Å². The topological polar surface area (TPSA) is 105 Å². The predicted octanol–water partition coefficient (Wildman–Crippen LogP) is 0.122. The largest absolute Gasteiger partial charge is 0.355 e. The molecule has 24 heavy (non-hydrogen) atoms. The summed E-state index contributed by atoms with van der Waals surface area (Å²) >= 11 is 0. The zero-order chi connectivity index (χ0) is 17.4. The van der Waals surface area contributed by atoms with Crippen LogP contribution in [-0.2, 0) is 20.9 Å². The number of likely N-dealkylation sites (N-methyl/N-ethyl adjacent to an activating group) is 1. The molecule has 0 aliphatic rings. The van der Waals surface area contributed by atoms with Gasteiger partial charge in [-0.25, -0.2) is 0 Å². The highest BCUT2D eigenvalue weighted by Crippen LogP contribution is 2.11. The van der Waals surface area contributed by atoms with Crippen molar-refractivity contribution in [1.29, 1.82) is 0 Å². The monoisotopic (exact) mass is 329 g/mol. The Kier molecular flexibility index (Phi) is 6.07. The molecule has 1 aromatic carbocycles. The maximum Gasteiger partial charge on any atom is 0.313 e. The maximum atomic E-state index is 11.8. The molecule has 1 aromatic heterocycles. The van der Waals surface area contributed by atoms with Crippen LogP contribution in [0.4, 0.5) is 5.69 Å². The minimum atomic E-state index is -0.862. The summed E-state index contributed by atoms with van der Waals surface area (Å²) in [5, 5.41) is 11.4. The molecule has 3 N–H and O–H groups in total. The summed E-state index contributed by atoms with van der Waals surface area (Å²) in [6.07, 6.45) is 3.52. The van der Waals surface area contributed by atoms with E-state index >= 15 is 0 Å². The molecule has 0 atom stereocenters. The van der Waals surface area contributed by atoms with Gasteiger partial charge in [0.15, 0.2) is 0 Å². The number of carbonyl (C=O) groups is 3. The van der Waals surface area contributed by atoms with E-state index in [1.807, 2.05) is 18.3 Å². The molecule has 0 radical (unpaired) electrons. The quantitative estimate of drug-likeness (QED) is 0.655. The number of carbonyl (C=O) groups excluding carboxylic acids is 3. The van der Waals surface area contributed by atoms with Crippen LogP contribution in [0.25, 0.3) is 0 Å². The predicted molar refractivity (Wildman–Crippen MR) is 88.1 cm³/mol. The van der Waals surface area contributed by atoms with Crippen molar-refractivity contribution in [1.82, 2.24) is 20.4 Å². The lowest BCUT2D eigenvalue weighted by Gasteiger charge is -2.08. The van der Waals surface area contributed by atoms with Crippen LogP contribution in [0.2, 0.25) is 0 Å². The second kappa shape index (κ2) is 8.47. The Labute approximate surface area is 139 Å². The number of hydrogen-bond donors (Lipinski definition) is 3. The standard InChI is InChI=1S/C16H19N5O3/c1-2-17-14(22)10-18-15(23)16(24)20-13-6-3-5-12(9-13)11-21-8-4-7-19-21/h3-9H,2,10-11H2,1H3,(H,17,22)(H,18,23)(H,20,24). The fraction of sp³-hybridized carbons (Fsp3) is 0.250. The van der Waals surface area contributed by atoms with Gasteiger partial charge in [-0.05, 0) is 30.7 Å². The smallest absolute Gasteiger partial charge is 0.313 e. The van der Waals surface area contributed by atoms with Crippen molar-refractivity contribution in [3.8, 4) is 0 Å². The molecule has 1 heterocycles. The molecular weight excluding hydrogens is 310 g/mol. The van der Waals surface area contributed by atoms with Crippen LogP contribution in [-0.4, -0.2) is 40.6 Å². The Hall–Kier alpha value is -3.16. The van der Waals surface area contributed by atoms with E-state index in [-0.39, 0.29) is 12.5 Å². The van der Waals surface area contributed by atoms with Gasteiger partial charge in [-0.15, -0.1) is 0 Å². The summed E-state index contributed by atoms with van der Waals surface area (Å²) < 4.78 is 1.75. The summed E-state index contributed by atoms with van der Waals surface area (Å²) in [5.41, 5.74) is 1.43. The molecule has 0 aliphatic carbocycles. The summed E-state index contributed by atoms with van der Waals surface area (Å²) in [6, 6.07) is 8.94. The number of aromatic nitrogens is 2. The van der Waals surface area contributed by atoms with Gasteiger partial charge in [-0.1, -0.05) is 12.1 Å². The molecule has 3 amide bonds. The normalized spacial score (nSPS) is 10.0. The summed E-state index contributed by atoms with van der Waals surface area (Å²) in [4.78, 5) is 34.8. The van der Waals surface area contributed by atoms with Gasteiger partial charge in [-0.2, -0.15) is 5.10 Å². The number of nitrogens with zero attached hydrogens (tertiary/aromatic N) is 2. The van der Waals surface area contributed by atoms with E-state index in [1.165, 1.54) is 0 Å². The van der Waals surface area contributed by atoms with Gasteiger partial charge in [-0.3, -0.25) is 19.1 Å². The molecule has 0 unspecified atom stereocenters. The van der Waals surface area contributed by atoms with Gasteiger partial charge in [0, 0.05) is 24.6 Å². The van der Waals surface area contributed by atoms with Crippen LogP contribution in [0.15, 0.2) is 42.7 Å². The average Bonchev–Trinajstić information content (AvgIpc) is 3.06. The summed E-state index contributed by atoms with van der Waals surface area (Å²) in [7, 11) is 0. The van der Waals surface area contributed by atoms with Crippen molar-refractivity contribution in [3.63, 3.8) is 0 Å². The Morgan fingerprint density at radius 2 is 1.96 bits per heavy atom. The van der Waals surface area contributed by atoms with Gasteiger partial charge < -0.3 is 16.0 Å². The summed E-state index contributed by atoms with van der Waals surface area (Å²) in [6.45, 7) is 2.55. The SMILES string of the molecule is CCNC(=O)CNC(=O)C(=O)Nc1cccc(Cn2cccn2)c1. The van der Waals surface area contributed by atoms with Crippen LogP contribution in [0.1, 0.15) is 12.5 Å². The molecule has 0 saturated heterocycles. The lowest BCUT2D eigenvalue weighted by molar-refractivity contribution is -0.136. The van der Waals surface area contributed by atoms with Crippen LogP contribution in [0, 0.1) is 0 Å². The number of nitrogens with one attached hydrogen (secondary N) is 3. The molecular formula is C16H19N5O3. The minimum absolute atomic E-state index is 0.237. The Morgan fingerprint density at radius 1 is 1.12 bits per heavy atom. The molecule has 2 aromatic rings. The molecule has 0 aliphatic heterocycles. The van der Waals surface area contributed by atoms with E-state index in [0.717, 1.165) is 5.56 Å². The first kappa shape index (κ1) is 17.2. The van der Waals surface area contributed by atoms with E-state index in [4.69, 9.17) is 0 Å². The number of amides is 3. The lowest BCUT2D eigenvalue weighted by atomic mass is 10.2. The third-order valence-electron chi connectivity index (χ3n) is 3.08. The number of anilines is 1. The Morgan fingerprint density at radius 3 is 2.67 bits per heavy atom. The average molecular weight is 329 g/mol. The number of rotatable bonds is 6. The van der Waals surface area contributed by atoms with Crippen molar-refractivity contribution in [3.05, 3.63) is 48.3 Å². The van der Waals surface area contributed by atoms with Crippen molar-refractivity contribution in [2.24, 2.45) is 0 Å². The van der Waals surface area contributed by atoms with E-state index in [0.29, 0.717) is 18.8 Å². The first-order chi connectivity index (χ1) is 11.6.